The Balaban J connectivity index is 2.19. The summed E-state index contributed by atoms with van der Waals surface area (Å²) in [4.78, 5) is 4.22. The number of benzene rings is 1. The van der Waals surface area contributed by atoms with Crippen molar-refractivity contribution in [2.45, 2.75) is 0 Å². The first-order valence-corrected chi connectivity index (χ1v) is 7.38. The Hall–Kier alpha value is -1.62. The summed E-state index contributed by atoms with van der Waals surface area (Å²) in [6, 6.07) is 9.79. The zero-order chi connectivity index (χ0) is 12.3. The van der Waals surface area contributed by atoms with Gasteiger partial charge in [0, 0.05) is 24.4 Å². The Bertz CT molecular complexity index is 618. The molecule has 2 aromatic rings. The van der Waals surface area contributed by atoms with Gasteiger partial charge in [0.05, 0.1) is 5.75 Å². The summed E-state index contributed by atoms with van der Waals surface area (Å²) in [5.74, 6) is 0.838. The molecule has 0 aliphatic rings. The molecule has 0 atom stereocenters. The molecular formula is C12H14N2O2S. The summed E-state index contributed by atoms with van der Waals surface area (Å²) >= 11 is 0. The SMILES string of the molecule is CS(=O)(=O)CCNc1nccc2ccccc12. The maximum atomic E-state index is 11.0. The Kier molecular flexibility index (Phi) is 3.28. The Morgan fingerprint density at radius 1 is 1.24 bits per heavy atom. The van der Waals surface area contributed by atoms with Gasteiger partial charge >= 0.3 is 0 Å². The van der Waals surface area contributed by atoms with Crippen molar-refractivity contribution in [3.05, 3.63) is 36.5 Å². The first kappa shape index (κ1) is 11.9. The van der Waals surface area contributed by atoms with E-state index < -0.39 is 9.84 Å². The predicted octanol–water partition coefficient (Wildman–Crippen LogP) is 1.69. The average Bonchev–Trinajstić information content (AvgIpc) is 2.28. The second kappa shape index (κ2) is 4.71. The highest BCUT2D eigenvalue weighted by atomic mass is 32.2. The number of aromatic nitrogens is 1. The van der Waals surface area contributed by atoms with Crippen LogP contribution in [0.3, 0.4) is 0 Å². The summed E-state index contributed by atoms with van der Waals surface area (Å²) in [5, 5.41) is 5.14. The Morgan fingerprint density at radius 2 is 2.00 bits per heavy atom. The third-order valence-corrected chi connectivity index (χ3v) is 3.38. The van der Waals surface area contributed by atoms with E-state index in [9.17, 15) is 8.42 Å². The smallest absolute Gasteiger partial charge is 0.149 e. The second-order valence-corrected chi connectivity index (χ2v) is 6.20. The van der Waals surface area contributed by atoms with Gasteiger partial charge < -0.3 is 5.32 Å². The van der Waals surface area contributed by atoms with Crippen molar-refractivity contribution in [3.63, 3.8) is 0 Å². The molecule has 4 nitrogen and oxygen atoms in total. The summed E-state index contributed by atoms with van der Waals surface area (Å²) < 4.78 is 22.0. The number of nitrogens with one attached hydrogen (secondary N) is 1. The van der Waals surface area contributed by atoms with Crippen LogP contribution in [0.5, 0.6) is 0 Å². The van der Waals surface area contributed by atoms with Gasteiger partial charge in [-0.25, -0.2) is 13.4 Å². The lowest BCUT2D eigenvalue weighted by Crippen LogP contribution is -2.14. The number of nitrogens with zero attached hydrogens (tertiary/aromatic N) is 1. The lowest BCUT2D eigenvalue weighted by atomic mass is 10.1. The molecule has 0 radical (unpaired) electrons. The van der Waals surface area contributed by atoms with Crippen molar-refractivity contribution in [3.8, 4) is 0 Å². The van der Waals surface area contributed by atoms with Crippen LogP contribution in [0.25, 0.3) is 10.8 Å². The van der Waals surface area contributed by atoms with Crippen LogP contribution in [0.15, 0.2) is 36.5 Å². The molecule has 0 bridgehead atoms. The number of hydrogen-bond donors (Lipinski definition) is 1. The van der Waals surface area contributed by atoms with Gasteiger partial charge in [0.2, 0.25) is 0 Å². The van der Waals surface area contributed by atoms with Crippen LogP contribution in [-0.2, 0) is 9.84 Å². The molecule has 2 rings (SSSR count). The Labute approximate surface area is 101 Å². The number of hydrogen-bond acceptors (Lipinski definition) is 4. The number of fused-ring (bicyclic) bond motifs is 1. The second-order valence-electron chi connectivity index (χ2n) is 3.94. The summed E-state index contributed by atoms with van der Waals surface area (Å²) in [5.41, 5.74) is 0. The minimum atomic E-state index is -2.94. The van der Waals surface area contributed by atoms with Crippen molar-refractivity contribution < 1.29 is 8.42 Å². The lowest BCUT2D eigenvalue weighted by molar-refractivity contribution is 0.602. The maximum absolute atomic E-state index is 11.0. The molecule has 0 saturated heterocycles. The van der Waals surface area contributed by atoms with Crippen molar-refractivity contribution in [1.29, 1.82) is 0 Å². The topological polar surface area (TPSA) is 59.1 Å². The lowest BCUT2D eigenvalue weighted by Gasteiger charge is -2.07. The highest BCUT2D eigenvalue weighted by molar-refractivity contribution is 7.90. The van der Waals surface area contributed by atoms with Gasteiger partial charge in [0.15, 0.2) is 0 Å². The van der Waals surface area contributed by atoms with E-state index in [1.807, 2.05) is 30.3 Å². The van der Waals surface area contributed by atoms with Crippen LogP contribution >= 0.6 is 0 Å². The highest BCUT2D eigenvalue weighted by Crippen LogP contribution is 2.19. The molecule has 90 valence electrons. The van der Waals surface area contributed by atoms with Crippen LogP contribution in [0.1, 0.15) is 0 Å². The number of anilines is 1. The zero-order valence-electron chi connectivity index (χ0n) is 9.55. The molecule has 0 aliphatic carbocycles. The minimum absolute atomic E-state index is 0.109. The van der Waals surface area contributed by atoms with Crippen LogP contribution in [-0.4, -0.2) is 32.0 Å². The maximum Gasteiger partial charge on any atom is 0.149 e. The molecule has 0 aliphatic heterocycles. The molecule has 1 aromatic heterocycles. The molecule has 1 aromatic carbocycles. The van der Waals surface area contributed by atoms with E-state index in [-0.39, 0.29) is 5.75 Å². The highest BCUT2D eigenvalue weighted by Gasteiger charge is 2.04. The van der Waals surface area contributed by atoms with Gasteiger partial charge in [0.25, 0.3) is 0 Å². The van der Waals surface area contributed by atoms with Gasteiger partial charge in [-0.3, -0.25) is 0 Å². The first-order chi connectivity index (χ1) is 8.06. The summed E-state index contributed by atoms with van der Waals surface area (Å²) in [6.45, 7) is 0.375. The largest absolute Gasteiger partial charge is 0.369 e. The van der Waals surface area contributed by atoms with Gasteiger partial charge in [-0.2, -0.15) is 0 Å². The quantitative estimate of drug-likeness (QED) is 0.897. The number of rotatable bonds is 4. The number of pyridine rings is 1. The van der Waals surface area contributed by atoms with Gasteiger partial charge in [-0.15, -0.1) is 0 Å². The monoisotopic (exact) mass is 250 g/mol. The van der Waals surface area contributed by atoms with Crippen LogP contribution in [0.4, 0.5) is 5.82 Å². The van der Waals surface area contributed by atoms with E-state index in [2.05, 4.69) is 10.3 Å². The van der Waals surface area contributed by atoms with Crippen molar-refractivity contribution in [1.82, 2.24) is 4.98 Å². The average molecular weight is 250 g/mol. The van der Waals surface area contributed by atoms with E-state index in [0.717, 1.165) is 16.6 Å². The molecule has 1 heterocycles. The van der Waals surface area contributed by atoms with Gasteiger partial charge in [-0.1, -0.05) is 24.3 Å². The van der Waals surface area contributed by atoms with E-state index in [1.165, 1.54) is 6.26 Å². The molecule has 0 spiro atoms. The molecule has 0 saturated carbocycles. The van der Waals surface area contributed by atoms with E-state index in [4.69, 9.17) is 0 Å². The van der Waals surface area contributed by atoms with E-state index in [0.29, 0.717) is 6.54 Å². The fraction of sp³-hybridized carbons (Fsp3) is 0.250. The van der Waals surface area contributed by atoms with Gasteiger partial charge in [0.1, 0.15) is 15.7 Å². The summed E-state index contributed by atoms with van der Waals surface area (Å²) in [7, 11) is -2.94. The van der Waals surface area contributed by atoms with E-state index >= 15 is 0 Å². The normalized spacial score (nSPS) is 11.6. The summed E-state index contributed by atoms with van der Waals surface area (Å²) in [6.07, 6.45) is 2.94. The third-order valence-electron chi connectivity index (χ3n) is 2.44. The van der Waals surface area contributed by atoms with Gasteiger partial charge in [-0.05, 0) is 11.5 Å². The molecule has 0 unspecified atom stereocenters. The first-order valence-electron chi connectivity index (χ1n) is 5.31. The Morgan fingerprint density at radius 3 is 2.76 bits per heavy atom. The van der Waals surface area contributed by atoms with Crippen molar-refractivity contribution in [2.24, 2.45) is 0 Å². The van der Waals surface area contributed by atoms with E-state index in [1.54, 1.807) is 6.20 Å². The molecule has 5 heteroatoms. The molecule has 0 amide bonds. The zero-order valence-corrected chi connectivity index (χ0v) is 10.4. The third kappa shape index (κ3) is 3.17. The van der Waals surface area contributed by atoms with Crippen LogP contribution in [0, 0.1) is 0 Å². The molecular weight excluding hydrogens is 236 g/mol. The molecule has 0 fully saturated rings. The standard InChI is InChI=1S/C12H14N2O2S/c1-17(15,16)9-8-14-12-11-5-3-2-4-10(11)6-7-13-12/h2-7H,8-9H2,1H3,(H,13,14). The fourth-order valence-corrected chi connectivity index (χ4v) is 2.09. The number of sulfone groups is 1. The fourth-order valence-electron chi connectivity index (χ4n) is 1.62. The van der Waals surface area contributed by atoms with Crippen molar-refractivity contribution >= 4 is 26.4 Å². The van der Waals surface area contributed by atoms with Crippen molar-refractivity contribution in [2.75, 3.05) is 23.9 Å². The predicted molar refractivity (Wildman–Crippen MR) is 69.9 cm³/mol. The van der Waals surface area contributed by atoms with Crippen LogP contribution in [0.2, 0.25) is 0 Å². The molecule has 17 heavy (non-hydrogen) atoms. The molecule has 1 N–H and O–H groups in total. The minimum Gasteiger partial charge on any atom is -0.369 e. The van der Waals surface area contributed by atoms with Crippen LogP contribution < -0.4 is 5.32 Å².